The predicted octanol–water partition coefficient (Wildman–Crippen LogP) is 3.36. The van der Waals surface area contributed by atoms with Crippen molar-refractivity contribution in [2.24, 2.45) is 17.3 Å². The monoisotopic (exact) mass is 310 g/mol. The second kappa shape index (κ2) is 3.73. The van der Waals surface area contributed by atoms with Crippen molar-refractivity contribution in [3.8, 4) is 0 Å². The van der Waals surface area contributed by atoms with Crippen LogP contribution in [0.25, 0.3) is 0 Å². The summed E-state index contributed by atoms with van der Waals surface area (Å²) in [5.41, 5.74) is 0.107. The number of carbonyl (C=O) groups is 1. The highest BCUT2D eigenvalue weighted by Crippen LogP contribution is 2.52. The molecular formula is C9H12Br2O2. The Bertz CT molecular complexity index is 254. The van der Waals surface area contributed by atoms with Crippen LogP contribution in [0.2, 0.25) is 0 Å². The highest BCUT2D eigenvalue weighted by atomic mass is 79.9. The van der Waals surface area contributed by atoms with Gasteiger partial charge in [-0.2, -0.15) is 0 Å². The van der Waals surface area contributed by atoms with Crippen LogP contribution in [0.15, 0.2) is 9.47 Å². The van der Waals surface area contributed by atoms with E-state index < -0.39 is 5.97 Å². The molecule has 0 aliphatic heterocycles. The third kappa shape index (κ3) is 2.34. The fraction of sp³-hybridized carbons (Fsp3) is 0.667. The topological polar surface area (TPSA) is 37.3 Å². The first-order valence-corrected chi connectivity index (χ1v) is 5.69. The van der Waals surface area contributed by atoms with E-state index in [2.05, 4.69) is 45.7 Å². The van der Waals surface area contributed by atoms with Gasteiger partial charge in [-0.1, -0.05) is 19.9 Å². The summed E-state index contributed by atoms with van der Waals surface area (Å²) in [7, 11) is 0. The SMILES string of the molecule is CC1(C)C[C@@H](C(=O)O)[C@@H]1C=C(Br)Br. The minimum atomic E-state index is -0.693. The molecular weight excluding hydrogens is 300 g/mol. The average molecular weight is 312 g/mol. The number of hydrogen-bond acceptors (Lipinski definition) is 1. The Kier molecular flexibility index (Phi) is 3.23. The normalized spacial score (nSPS) is 30.5. The van der Waals surface area contributed by atoms with E-state index in [1.807, 2.05) is 6.08 Å². The lowest BCUT2D eigenvalue weighted by molar-refractivity contribution is -0.153. The number of allylic oxidation sites excluding steroid dienone is 1. The van der Waals surface area contributed by atoms with Gasteiger partial charge in [-0.25, -0.2) is 0 Å². The van der Waals surface area contributed by atoms with Crippen LogP contribution < -0.4 is 0 Å². The van der Waals surface area contributed by atoms with E-state index in [0.29, 0.717) is 0 Å². The number of aliphatic carboxylic acids is 1. The van der Waals surface area contributed by atoms with Crippen molar-refractivity contribution < 1.29 is 9.90 Å². The van der Waals surface area contributed by atoms with Crippen molar-refractivity contribution in [2.45, 2.75) is 20.3 Å². The Morgan fingerprint density at radius 1 is 1.54 bits per heavy atom. The van der Waals surface area contributed by atoms with Crippen molar-refractivity contribution in [1.82, 2.24) is 0 Å². The molecule has 1 fully saturated rings. The summed E-state index contributed by atoms with van der Waals surface area (Å²) in [6.07, 6.45) is 2.69. The number of rotatable bonds is 2. The molecule has 1 aliphatic rings. The van der Waals surface area contributed by atoms with Gasteiger partial charge in [0, 0.05) is 0 Å². The lowest BCUT2D eigenvalue weighted by atomic mass is 9.56. The molecule has 1 N–H and O–H groups in total. The van der Waals surface area contributed by atoms with Crippen LogP contribution in [0, 0.1) is 17.3 Å². The van der Waals surface area contributed by atoms with Crippen LogP contribution in [0.5, 0.6) is 0 Å². The van der Waals surface area contributed by atoms with Crippen LogP contribution in [-0.4, -0.2) is 11.1 Å². The maximum atomic E-state index is 10.8. The lowest BCUT2D eigenvalue weighted by Crippen LogP contribution is -2.46. The zero-order chi connectivity index (χ0) is 10.2. The van der Waals surface area contributed by atoms with E-state index in [1.54, 1.807) is 0 Å². The zero-order valence-corrected chi connectivity index (χ0v) is 10.7. The summed E-state index contributed by atoms with van der Waals surface area (Å²) >= 11 is 6.53. The molecule has 0 aromatic carbocycles. The Balaban J connectivity index is 2.77. The molecule has 1 saturated carbocycles. The molecule has 4 heteroatoms. The second-order valence-corrected chi connectivity index (χ2v) is 6.89. The highest BCUT2D eigenvalue weighted by Gasteiger charge is 2.49. The van der Waals surface area contributed by atoms with Gasteiger partial charge < -0.3 is 5.11 Å². The molecule has 0 heterocycles. The van der Waals surface area contributed by atoms with Crippen molar-refractivity contribution in [2.75, 3.05) is 0 Å². The molecule has 0 aromatic rings. The van der Waals surface area contributed by atoms with Crippen LogP contribution in [0.4, 0.5) is 0 Å². The van der Waals surface area contributed by atoms with Crippen LogP contribution in [0.3, 0.4) is 0 Å². The lowest BCUT2D eigenvalue weighted by Gasteiger charge is -2.48. The van der Waals surface area contributed by atoms with Gasteiger partial charge in [-0.3, -0.25) is 4.79 Å². The molecule has 0 bridgehead atoms. The van der Waals surface area contributed by atoms with Gasteiger partial charge in [0.05, 0.1) is 9.31 Å². The second-order valence-electron chi connectivity index (χ2n) is 4.12. The maximum Gasteiger partial charge on any atom is 0.307 e. The molecule has 0 radical (unpaired) electrons. The Hall–Kier alpha value is 0.170. The van der Waals surface area contributed by atoms with Gasteiger partial charge in [0.25, 0.3) is 0 Å². The number of hydrogen-bond donors (Lipinski definition) is 1. The summed E-state index contributed by atoms with van der Waals surface area (Å²) in [5.74, 6) is -0.791. The first kappa shape index (κ1) is 11.2. The van der Waals surface area contributed by atoms with Crippen molar-refractivity contribution in [3.63, 3.8) is 0 Å². The summed E-state index contributed by atoms with van der Waals surface area (Å²) < 4.78 is 0.837. The van der Waals surface area contributed by atoms with Crippen molar-refractivity contribution in [1.29, 1.82) is 0 Å². The van der Waals surface area contributed by atoms with Crippen LogP contribution in [0.1, 0.15) is 20.3 Å². The molecule has 0 amide bonds. The highest BCUT2D eigenvalue weighted by molar-refractivity contribution is 9.28. The summed E-state index contributed by atoms with van der Waals surface area (Å²) in [4.78, 5) is 10.8. The molecule has 74 valence electrons. The first-order valence-electron chi connectivity index (χ1n) is 4.10. The van der Waals surface area contributed by atoms with Crippen molar-refractivity contribution >= 4 is 37.8 Å². The zero-order valence-electron chi connectivity index (χ0n) is 7.55. The number of carboxylic acids is 1. The Morgan fingerprint density at radius 3 is 2.38 bits per heavy atom. The first-order chi connectivity index (χ1) is 5.84. The number of halogens is 2. The third-order valence-corrected chi connectivity index (χ3v) is 3.23. The number of carboxylic acid groups (broad SMARTS) is 1. The molecule has 0 spiro atoms. The van der Waals surface area contributed by atoms with E-state index in [0.717, 1.165) is 9.81 Å². The van der Waals surface area contributed by atoms with Gasteiger partial charge in [-0.15, -0.1) is 0 Å². The van der Waals surface area contributed by atoms with Gasteiger partial charge in [-0.05, 0) is 49.6 Å². The van der Waals surface area contributed by atoms with E-state index >= 15 is 0 Å². The maximum absolute atomic E-state index is 10.8. The van der Waals surface area contributed by atoms with Crippen LogP contribution >= 0.6 is 31.9 Å². The molecule has 0 unspecified atom stereocenters. The predicted molar refractivity (Wildman–Crippen MR) is 59.0 cm³/mol. The molecule has 2 nitrogen and oxygen atoms in total. The van der Waals surface area contributed by atoms with E-state index in [1.165, 1.54) is 0 Å². The summed E-state index contributed by atoms with van der Waals surface area (Å²) in [6, 6.07) is 0. The van der Waals surface area contributed by atoms with Crippen molar-refractivity contribution in [3.05, 3.63) is 9.47 Å². The van der Waals surface area contributed by atoms with Crippen LogP contribution in [-0.2, 0) is 4.79 Å². The third-order valence-electron chi connectivity index (χ3n) is 2.70. The molecule has 1 rings (SSSR count). The fourth-order valence-electron chi connectivity index (χ4n) is 1.93. The summed E-state index contributed by atoms with van der Waals surface area (Å²) in [6.45, 7) is 4.19. The largest absolute Gasteiger partial charge is 0.481 e. The minimum Gasteiger partial charge on any atom is -0.481 e. The quantitative estimate of drug-likeness (QED) is 0.849. The smallest absolute Gasteiger partial charge is 0.307 e. The Morgan fingerprint density at radius 2 is 2.08 bits per heavy atom. The van der Waals surface area contributed by atoms with E-state index in [4.69, 9.17) is 5.11 Å². The molecule has 13 heavy (non-hydrogen) atoms. The van der Waals surface area contributed by atoms with E-state index in [9.17, 15) is 4.79 Å². The average Bonchev–Trinajstić information content (AvgIpc) is 1.96. The van der Waals surface area contributed by atoms with E-state index in [-0.39, 0.29) is 17.3 Å². The minimum absolute atomic E-state index is 0.107. The molecule has 2 atom stereocenters. The van der Waals surface area contributed by atoms with Gasteiger partial charge in [0.1, 0.15) is 0 Å². The molecule has 1 aliphatic carbocycles. The molecule has 0 saturated heterocycles. The van der Waals surface area contributed by atoms with Gasteiger partial charge in [0.2, 0.25) is 0 Å². The summed E-state index contributed by atoms with van der Waals surface area (Å²) in [5, 5.41) is 8.89. The van der Waals surface area contributed by atoms with Gasteiger partial charge in [0.15, 0.2) is 0 Å². The standard InChI is InChI=1S/C9H12Br2O2/c1-9(2)4-5(8(12)13)6(9)3-7(10)11/h3,5-6H,4H2,1-2H3,(H,12,13)/t5-,6+/m1/s1. The molecule has 0 aromatic heterocycles. The van der Waals surface area contributed by atoms with Gasteiger partial charge >= 0.3 is 5.97 Å². The Labute approximate surface area is 94.7 Å². The fourth-order valence-corrected chi connectivity index (χ4v) is 2.50.